The van der Waals surface area contributed by atoms with Gasteiger partial charge in [0.2, 0.25) is 0 Å². The molecule has 1 aromatic heterocycles. The second-order valence-corrected chi connectivity index (χ2v) is 6.13. The number of piperidine rings is 1. The number of aryl methyl sites for hydroxylation is 1. The molecule has 0 aromatic carbocycles. The van der Waals surface area contributed by atoms with Crippen LogP contribution in [0.3, 0.4) is 0 Å². The third kappa shape index (κ3) is 3.92. The fourth-order valence-electron chi connectivity index (χ4n) is 2.77. The Kier molecular flexibility index (Phi) is 5.35. The van der Waals surface area contributed by atoms with E-state index in [4.69, 9.17) is 4.98 Å². The molecule has 4 nitrogen and oxygen atoms in total. The molecule has 2 rings (SSSR count). The summed E-state index contributed by atoms with van der Waals surface area (Å²) in [6, 6.07) is 2.12. The van der Waals surface area contributed by atoms with E-state index in [0.29, 0.717) is 5.92 Å². The van der Waals surface area contributed by atoms with Crippen molar-refractivity contribution in [1.82, 2.24) is 15.3 Å². The second-order valence-electron chi connectivity index (χ2n) is 6.13. The molecule has 112 valence electrons. The van der Waals surface area contributed by atoms with Crippen molar-refractivity contribution in [2.75, 3.05) is 31.1 Å². The molecule has 1 fully saturated rings. The first-order valence-corrected chi connectivity index (χ1v) is 7.91. The van der Waals surface area contributed by atoms with Crippen LogP contribution in [0.25, 0.3) is 0 Å². The summed E-state index contributed by atoms with van der Waals surface area (Å²) in [6.07, 6.45) is 2.62. The number of anilines is 1. The molecule has 2 heterocycles. The van der Waals surface area contributed by atoms with Gasteiger partial charge in [-0.3, -0.25) is 0 Å². The second kappa shape index (κ2) is 7.02. The van der Waals surface area contributed by atoms with Gasteiger partial charge in [0.05, 0.1) is 0 Å². The lowest BCUT2D eigenvalue weighted by Gasteiger charge is -2.30. The predicted octanol–water partition coefficient (Wildman–Crippen LogP) is 2.73. The molecule has 1 aliphatic rings. The number of nitrogens with zero attached hydrogens (tertiary/aromatic N) is 3. The molecule has 0 saturated carbocycles. The third-order valence-electron chi connectivity index (χ3n) is 3.96. The largest absolute Gasteiger partial charge is 0.356 e. The minimum Gasteiger partial charge on any atom is -0.356 e. The van der Waals surface area contributed by atoms with Crippen LogP contribution in [-0.2, 0) is 0 Å². The summed E-state index contributed by atoms with van der Waals surface area (Å²) in [5.41, 5.74) is 1.07. The van der Waals surface area contributed by atoms with Crippen LogP contribution in [0.1, 0.15) is 51.0 Å². The van der Waals surface area contributed by atoms with Gasteiger partial charge in [-0.25, -0.2) is 9.97 Å². The molecule has 0 radical (unpaired) electrons. The molecule has 0 spiro atoms. The van der Waals surface area contributed by atoms with Crippen molar-refractivity contribution in [3.05, 3.63) is 17.6 Å². The van der Waals surface area contributed by atoms with E-state index >= 15 is 0 Å². The summed E-state index contributed by atoms with van der Waals surface area (Å²) in [5.74, 6) is 3.17. The topological polar surface area (TPSA) is 41.0 Å². The zero-order chi connectivity index (χ0) is 14.5. The van der Waals surface area contributed by atoms with Crippen LogP contribution in [-0.4, -0.2) is 36.1 Å². The van der Waals surface area contributed by atoms with Crippen molar-refractivity contribution < 1.29 is 0 Å². The van der Waals surface area contributed by atoms with E-state index in [1.165, 1.54) is 19.4 Å². The summed E-state index contributed by atoms with van der Waals surface area (Å²) in [7, 11) is 0. The van der Waals surface area contributed by atoms with Gasteiger partial charge in [-0.2, -0.15) is 0 Å². The van der Waals surface area contributed by atoms with E-state index in [1.807, 2.05) is 0 Å². The first kappa shape index (κ1) is 15.2. The lowest BCUT2D eigenvalue weighted by atomic mass is 9.99. The van der Waals surface area contributed by atoms with Crippen molar-refractivity contribution in [3.8, 4) is 0 Å². The highest BCUT2D eigenvalue weighted by Gasteiger charge is 2.18. The van der Waals surface area contributed by atoms with Crippen LogP contribution in [0.15, 0.2) is 6.07 Å². The van der Waals surface area contributed by atoms with E-state index < -0.39 is 0 Å². The number of rotatable bonds is 5. The highest BCUT2D eigenvalue weighted by atomic mass is 15.2. The lowest BCUT2D eigenvalue weighted by molar-refractivity contribution is 0.377. The average Bonchev–Trinajstić information content (AvgIpc) is 2.45. The fraction of sp³-hybridized carbons (Fsp3) is 0.750. The molecule has 1 aromatic rings. The molecule has 1 aliphatic heterocycles. The normalized spacial score (nSPS) is 19.4. The number of aromatic nitrogens is 2. The third-order valence-corrected chi connectivity index (χ3v) is 3.96. The monoisotopic (exact) mass is 276 g/mol. The standard InChI is InChI=1S/C16H28N4/c1-5-20(11-14-7-6-8-17-10-14)15-9-13(4)18-16(19-15)12(2)3/h9,12,14,17H,5-8,10-11H2,1-4H3. The van der Waals surface area contributed by atoms with E-state index in [0.717, 1.165) is 42.9 Å². The van der Waals surface area contributed by atoms with E-state index in [-0.39, 0.29) is 0 Å². The van der Waals surface area contributed by atoms with Gasteiger partial charge in [0, 0.05) is 30.8 Å². The molecular formula is C16H28N4. The molecular weight excluding hydrogens is 248 g/mol. The smallest absolute Gasteiger partial charge is 0.133 e. The summed E-state index contributed by atoms with van der Waals surface area (Å²) >= 11 is 0. The Morgan fingerprint density at radius 1 is 1.40 bits per heavy atom. The fourth-order valence-corrected chi connectivity index (χ4v) is 2.77. The van der Waals surface area contributed by atoms with Crippen molar-refractivity contribution in [3.63, 3.8) is 0 Å². The molecule has 1 N–H and O–H groups in total. The van der Waals surface area contributed by atoms with Crippen molar-refractivity contribution >= 4 is 5.82 Å². The SMILES string of the molecule is CCN(CC1CCCNC1)c1cc(C)nc(C(C)C)n1. The highest BCUT2D eigenvalue weighted by Crippen LogP contribution is 2.20. The average molecular weight is 276 g/mol. The first-order valence-electron chi connectivity index (χ1n) is 7.91. The van der Waals surface area contributed by atoms with Crippen LogP contribution in [0.5, 0.6) is 0 Å². The summed E-state index contributed by atoms with van der Waals surface area (Å²) in [6.45, 7) is 13.0. The van der Waals surface area contributed by atoms with Crippen molar-refractivity contribution in [1.29, 1.82) is 0 Å². The number of hydrogen-bond acceptors (Lipinski definition) is 4. The van der Waals surface area contributed by atoms with E-state index in [1.54, 1.807) is 0 Å². The van der Waals surface area contributed by atoms with Crippen LogP contribution in [0.4, 0.5) is 5.82 Å². The molecule has 0 aliphatic carbocycles. The van der Waals surface area contributed by atoms with Gasteiger partial charge in [0.1, 0.15) is 11.6 Å². The maximum atomic E-state index is 4.76. The summed E-state index contributed by atoms with van der Waals surface area (Å²) in [5, 5.41) is 3.50. The highest BCUT2D eigenvalue weighted by molar-refractivity contribution is 5.40. The van der Waals surface area contributed by atoms with Gasteiger partial charge in [-0.15, -0.1) is 0 Å². The quantitative estimate of drug-likeness (QED) is 0.898. The Morgan fingerprint density at radius 2 is 2.20 bits per heavy atom. The van der Waals surface area contributed by atoms with Crippen LogP contribution in [0, 0.1) is 12.8 Å². The maximum absolute atomic E-state index is 4.76. The molecule has 1 saturated heterocycles. The van der Waals surface area contributed by atoms with E-state index in [9.17, 15) is 0 Å². The first-order chi connectivity index (χ1) is 9.60. The van der Waals surface area contributed by atoms with Crippen molar-refractivity contribution in [2.24, 2.45) is 5.92 Å². The number of nitrogens with one attached hydrogen (secondary N) is 1. The Balaban J connectivity index is 2.13. The van der Waals surface area contributed by atoms with Gasteiger partial charge in [0.25, 0.3) is 0 Å². The molecule has 20 heavy (non-hydrogen) atoms. The van der Waals surface area contributed by atoms with Crippen LogP contribution in [0.2, 0.25) is 0 Å². The molecule has 1 atom stereocenters. The van der Waals surface area contributed by atoms with Gasteiger partial charge in [-0.1, -0.05) is 13.8 Å². The minimum atomic E-state index is 0.378. The van der Waals surface area contributed by atoms with Crippen molar-refractivity contribution in [2.45, 2.75) is 46.5 Å². The lowest BCUT2D eigenvalue weighted by Crippen LogP contribution is -2.38. The van der Waals surface area contributed by atoms with Gasteiger partial charge >= 0.3 is 0 Å². The summed E-state index contributed by atoms with van der Waals surface area (Å²) < 4.78 is 0. The van der Waals surface area contributed by atoms with Crippen LogP contribution < -0.4 is 10.2 Å². The van der Waals surface area contributed by atoms with Gasteiger partial charge in [0.15, 0.2) is 0 Å². The zero-order valence-corrected chi connectivity index (χ0v) is 13.3. The molecule has 1 unspecified atom stereocenters. The molecule has 0 bridgehead atoms. The minimum absolute atomic E-state index is 0.378. The number of hydrogen-bond donors (Lipinski definition) is 1. The Labute approximate surface area is 123 Å². The van der Waals surface area contributed by atoms with E-state index in [2.05, 4.69) is 49.0 Å². The molecule has 0 amide bonds. The van der Waals surface area contributed by atoms with Gasteiger partial charge in [-0.05, 0) is 45.7 Å². The predicted molar refractivity (Wildman–Crippen MR) is 84.3 cm³/mol. The zero-order valence-electron chi connectivity index (χ0n) is 13.3. The summed E-state index contributed by atoms with van der Waals surface area (Å²) in [4.78, 5) is 11.7. The van der Waals surface area contributed by atoms with Crippen LogP contribution >= 0.6 is 0 Å². The maximum Gasteiger partial charge on any atom is 0.133 e. The Hall–Kier alpha value is -1.16. The Morgan fingerprint density at radius 3 is 2.80 bits per heavy atom. The Bertz CT molecular complexity index is 424. The molecule has 4 heteroatoms. The van der Waals surface area contributed by atoms with Gasteiger partial charge < -0.3 is 10.2 Å².